The second-order valence-electron chi connectivity index (χ2n) is 7.47. The minimum atomic E-state index is -1.37. The zero-order chi connectivity index (χ0) is 15.9. The Morgan fingerprint density at radius 1 is 1.17 bits per heavy atom. The molecular formula is C19H26N2O2. The normalized spacial score (nSPS) is 32.3. The second kappa shape index (κ2) is 5.91. The van der Waals surface area contributed by atoms with E-state index in [9.17, 15) is 9.90 Å². The van der Waals surface area contributed by atoms with Crippen LogP contribution in [0.3, 0.4) is 0 Å². The van der Waals surface area contributed by atoms with Crippen molar-refractivity contribution in [2.45, 2.75) is 31.3 Å². The Kier molecular flexibility index (Phi) is 3.90. The maximum absolute atomic E-state index is 12.9. The molecule has 0 spiro atoms. The third kappa shape index (κ3) is 2.58. The average Bonchev–Trinajstić information content (AvgIpc) is 3.02. The molecule has 3 N–H and O–H groups in total. The summed E-state index contributed by atoms with van der Waals surface area (Å²) in [6.07, 6.45) is 4.06. The third-order valence-electron chi connectivity index (χ3n) is 6.27. The molecule has 1 aromatic rings. The smallest absolute Gasteiger partial charge is 0.256 e. The second-order valence-corrected chi connectivity index (χ2v) is 7.47. The summed E-state index contributed by atoms with van der Waals surface area (Å²) in [5, 5.41) is 17.8. The number of hydrogen-bond donors (Lipinski definition) is 3. The number of rotatable bonds is 5. The topological polar surface area (TPSA) is 61.4 Å². The van der Waals surface area contributed by atoms with Crippen LogP contribution in [-0.4, -0.2) is 30.6 Å². The van der Waals surface area contributed by atoms with Crippen LogP contribution in [-0.2, 0) is 10.4 Å². The maximum atomic E-state index is 12.9. The van der Waals surface area contributed by atoms with Crippen molar-refractivity contribution in [2.24, 2.45) is 23.7 Å². The predicted octanol–water partition coefficient (Wildman–Crippen LogP) is 1.65. The lowest BCUT2D eigenvalue weighted by Gasteiger charge is -2.33. The first-order valence-corrected chi connectivity index (χ1v) is 8.98. The molecule has 23 heavy (non-hydrogen) atoms. The fourth-order valence-electron chi connectivity index (χ4n) is 4.78. The van der Waals surface area contributed by atoms with E-state index in [1.165, 1.54) is 0 Å². The van der Waals surface area contributed by atoms with Gasteiger partial charge in [-0.25, -0.2) is 0 Å². The van der Waals surface area contributed by atoms with E-state index in [1.807, 2.05) is 30.3 Å². The molecule has 0 radical (unpaired) electrons. The Morgan fingerprint density at radius 3 is 2.48 bits per heavy atom. The fraction of sp³-hybridized carbons (Fsp3) is 0.632. The van der Waals surface area contributed by atoms with Crippen molar-refractivity contribution in [2.75, 3.05) is 19.6 Å². The molecule has 3 unspecified atom stereocenters. The van der Waals surface area contributed by atoms with Gasteiger partial charge in [0.05, 0.1) is 0 Å². The van der Waals surface area contributed by atoms with Gasteiger partial charge in [0.15, 0.2) is 5.60 Å². The number of nitrogens with one attached hydrogen (secondary N) is 2. The molecule has 4 nitrogen and oxygen atoms in total. The minimum Gasteiger partial charge on any atom is -0.375 e. The number of piperidine rings is 1. The van der Waals surface area contributed by atoms with Crippen molar-refractivity contribution in [3.8, 4) is 0 Å². The Hall–Kier alpha value is -1.39. The van der Waals surface area contributed by atoms with Gasteiger partial charge >= 0.3 is 0 Å². The van der Waals surface area contributed by atoms with E-state index < -0.39 is 5.60 Å². The molecule has 1 amide bonds. The first-order chi connectivity index (χ1) is 11.2. The highest BCUT2D eigenvalue weighted by Crippen LogP contribution is 2.48. The fourth-order valence-corrected chi connectivity index (χ4v) is 4.78. The van der Waals surface area contributed by atoms with Crippen molar-refractivity contribution < 1.29 is 9.90 Å². The van der Waals surface area contributed by atoms with Crippen LogP contribution < -0.4 is 10.6 Å². The summed E-state index contributed by atoms with van der Waals surface area (Å²) in [4.78, 5) is 12.9. The molecule has 1 aliphatic heterocycles. The summed E-state index contributed by atoms with van der Waals surface area (Å²) < 4.78 is 0. The summed E-state index contributed by atoms with van der Waals surface area (Å²) in [5.41, 5.74) is -0.637. The van der Waals surface area contributed by atoms with E-state index in [0.717, 1.165) is 56.2 Å². The molecule has 124 valence electrons. The van der Waals surface area contributed by atoms with Gasteiger partial charge in [0, 0.05) is 12.5 Å². The number of carbonyl (C=O) groups is 1. The zero-order valence-corrected chi connectivity index (χ0v) is 13.5. The molecule has 4 rings (SSSR count). The number of fused-ring (bicyclic) bond motifs is 1. The summed E-state index contributed by atoms with van der Waals surface area (Å²) in [7, 11) is 0. The van der Waals surface area contributed by atoms with Gasteiger partial charge in [-0.1, -0.05) is 43.2 Å². The molecule has 0 bridgehead atoms. The van der Waals surface area contributed by atoms with Crippen LogP contribution in [0, 0.1) is 23.7 Å². The van der Waals surface area contributed by atoms with Crippen molar-refractivity contribution >= 4 is 5.91 Å². The quantitative estimate of drug-likeness (QED) is 0.774. The highest BCUT2D eigenvalue weighted by molar-refractivity contribution is 5.86. The van der Waals surface area contributed by atoms with Crippen LogP contribution in [0.15, 0.2) is 30.3 Å². The highest BCUT2D eigenvalue weighted by atomic mass is 16.3. The van der Waals surface area contributed by atoms with Gasteiger partial charge in [0.2, 0.25) is 0 Å². The molecule has 1 aromatic carbocycles. The van der Waals surface area contributed by atoms with Crippen molar-refractivity contribution in [3.63, 3.8) is 0 Å². The number of hydrogen-bond acceptors (Lipinski definition) is 3. The van der Waals surface area contributed by atoms with E-state index in [2.05, 4.69) is 10.6 Å². The molecule has 4 atom stereocenters. The van der Waals surface area contributed by atoms with E-state index in [0.29, 0.717) is 12.5 Å². The molecule has 2 saturated carbocycles. The number of amides is 1. The van der Waals surface area contributed by atoms with E-state index >= 15 is 0 Å². The number of benzene rings is 1. The standard InChI is InChI=1S/C19H26N2O2/c22-18(21-12-17-15-10-20-11-16(15)17)19(23,14-8-4-5-9-14)13-6-2-1-3-7-13/h1-3,6-7,14-17,20,23H,4-5,8-12H2,(H,21,22)/t15-,16?,17?,19?/m0/s1. The molecule has 1 saturated heterocycles. The largest absolute Gasteiger partial charge is 0.375 e. The summed E-state index contributed by atoms with van der Waals surface area (Å²) in [6, 6.07) is 9.50. The average molecular weight is 314 g/mol. The Balaban J connectivity index is 1.49. The minimum absolute atomic E-state index is 0.0327. The highest BCUT2D eigenvalue weighted by Gasteiger charge is 2.53. The first kappa shape index (κ1) is 15.2. The van der Waals surface area contributed by atoms with Gasteiger partial charge in [-0.05, 0) is 49.2 Å². The third-order valence-corrected chi connectivity index (χ3v) is 6.27. The summed E-state index contributed by atoms with van der Waals surface area (Å²) in [5.74, 6) is 1.89. The first-order valence-electron chi connectivity index (χ1n) is 8.98. The molecule has 1 heterocycles. The van der Waals surface area contributed by atoms with Gasteiger partial charge < -0.3 is 15.7 Å². The number of aliphatic hydroxyl groups is 1. The van der Waals surface area contributed by atoms with E-state index in [1.54, 1.807) is 0 Å². The number of carbonyl (C=O) groups excluding carboxylic acids is 1. The molecule has 3 fully saturated rings. The Labute approximate surface area is 137 Å². The van der Waals surface area contributed by atoms with Crippen LogP contribution in [0.1, 0.15) is 31.2 Å². The Morgan fingerprint density at radius 2 is 1.83 bits per heavy atom. The van der Waals surface area contributed by atoms with Gasteiger partial charge in [-0.3, -0.25) is 4.79 Å². The lowest BCUT2D eigenvalue weighted by molar-refractivity contribution is -0.147. The van der Waals surface area contributed by atoms with Crippen molar-refractivity contribution in [1.82, 2.24) is 10.6 Å². The van der Waals surface area contributed by atoms with Gasteiger partial charge in [-0.2, -0.15) is 0 Å². The predicted molar refractivity (Wildman–Crippen MR) is 88.6 cm³/mol. The molecule has 3 aliphatic rings. The van der Waals surface area contributed by atoms with Crippen LogP contribution in [0.25, 0.3) is 0 Å². The van der Waals surface area contributed by atoms with Crippen LogP contribution >= 0.6 is 0 Å². The zero-order valence-electron chi connectivity index (χ0n) is 13.5. The van der Waals surface area contributed by atoms with Crippen LogP contribution in [0.5, 0.6) is 0 Å². The lowest BCUT2D eigenvalue weighted by atomic mass is 9.79. The summed E-state index contributed by atoms with van der Waals surface area (Å²) >= 11 is 0. The van der Waals surface area contributed by atoms with E-state index in [-0.39, 0.29) is 11.8 Å². The SMILES string of the molecule is O=C(NCC1C2CNC[C@@H]21)C(O)(c1ccccc1)C1CCCC1. The van der Waals surface area contributed by atoms with Crippen molar-refractivity contribution in [1.29, 1.82) is 0 Å². The molecular weight excluding hydrogens is 288 g/mol. The van der Waals surface area contributed by atoms with E-state index in [4.69, 9.17) is 0 Å². The lowest BCUT2D eigenvalue weighted by Crippen LogP contribution is -2.49. The molecule has 0 aromatic heterocycles. The van der Waals surface area contributed by atoms with Crippen LogP contribution in [0.2, 0.25) is 0 Å². The monoisotopic (exact) mass is 314 g/mol. The van der Waals surface area contributed by atoms with Gasteiger partial charge in [0.25, 0.3) is 5.91 Å². The summed E-state index contributed by atoms with van der Waals surface area (Å²) in [6.45, 7) is 2.87. The Bertz CT molecular complexity index is 560. The molecule has 2 aliphatic carbocycles. The van der Waals surface area contributed by atoms with Crippen LogP contribution in [0.4, 0.5) is 0 Å². The van der Waals surface area contributed by atoms with Gasteiger partial charge in [-0.15, -0.1) is 0 Å². The van der Waals surface area contributed by atoms with Gasteiger partial charge in [0.1, 0.15) is 0 Å². The van der Waals surface area contributed by atoms with Crippen molar-refractivity contribution in [3.05, 3.63) is 35.9 Å². The maximum Gasteiger partial charge on any atom is 0.256 e. The molecule has 4 heteroatoms.